The maximum Gasteiger partial charge on any atom is 0.573 e. The molecule has 2 N–H and O–H groups in total. The Labute approximate surface area is 192 Å². The van der Waals surface area contributed by atoms with Gasteiger partial charge in [0.1, 0.15) is 17.9 Å². The van der Waals surface area contributed by atoms with Crippen LogP contribution in [0.3, 0.4) is 0 Å². The van der Waals surface area contributed by atoms with E-state index in [0.717, 1.165) is 5.56 Å². The van der Waals surface area contributed by atoms with E-state index in [1.807, 2.05) is 18.2 Å². The molecule has 0 aliphatic heterocycles. The van der Waals surface area contributed by atoms with Crippen LogP contribution in [0, 0.1) is 0 Å². The lowest BCUT2D eigenvalue weighted by atomic mass is 10.1. The average molecular weight is 465 g/mol. The Balaban J connectivity index is 1.44. The molecule has 4 rings (SSSR count). The number of rotatable bonds is 7. The summed E-state index contributed by atoms with van der Waals surface area (Å²) in [5.74, 6) is -0.116. The fourth-order valence-corrected chi connectivity index (χ4v) is 3.08. The fourth-order valence-electron chi connectivity index (χ4n) is 3.08. The highest BCUT2D eigenvalue weighted by molar-refractivity contribution is 5.95. The highest BCUT2D eigenvalue weighted by atomic mass is 19.4. The third-order valence-electron chi connectivity index (χ3n) is 4.65. The van der Waals surface area contributed by atoms with Crippen LogP contribution in [0.25, 0.3) is 11.3 Å². The molecule has 0 aliphatic carbocycles. The lowest BCUT2D eigenvalue weighted by Crippen LogP contribution is -2.22. The molecule has 1 amide bonds. The second-order valence-electron chi connectivity index (χ2n) is 7.10. The lowest BCUT2D eigenvalue weighted by Gasteiger charge is -2.11. The van der Waals surface area contributed by atoms with Crippen molar-refractivity contribution >= 4 is 17.4 Å². The van der Waals surface area contributed by atoms with Crippen molar-refractivity contribution in [1.82, 2.24) is 20.3 Å². The Morgan fingerprint density at radius 2 is 1.71 bits per heavy atom. The zero-order valence-electron chi connectivity index (χ0n) is 17.6. The molecule has 34 heavy (non-hydrogen) atoms. The van der Waals surface area contributed by atoms with Crippen LogP contribution in [0.15, 0.2) is 85.5 Å². The standard InChI is InChI=1S/C24H18F3N5O2/c25-24(26,27)34-20-6-4-19(5-7-20)32-22-13-21(30-15-31-22)17-2-1-3-18(12-17)23(33)29-14-16-8-10-28-11-9-16/h1-13,15H,14H2,(H,29,33)(H,30,31,32). The van der Waals surface area contributed by atoms with Crippen LogP contribution in [-0.4, -0.2) is 27.2 Å². The summed E-state index contributed by atoms with van der Waals surface area (Å²) in [4.78, 5) is 24.9. The van der Waals surface area contributed by atoms with E-state index in [-0.39, 0.29) is 11.7 Å². The first-order chi connectivity index (χ1) is 16.4. The second-order valence-corrected chi connectivity index (χ2v) is 7.10. The first-order valence-electron chi connectivity index (χ1n) is 10.1. The molecule has 172 valence electrons. The van der Waals surface area contributed by atoms with E-state index < -0.39 is 6.36 Å². The van der Waals surface area contributed by atoms with E-state index >= 15 is 0 Å². The van der Waals surface area contributed by atoms with Crippen LogP contribution in [0.4, 0.5) is 24.7 Å². The van der Waals surface area contributed by atoms with Crippen LogP contribution in [0.2, 0.25) is 0 Å². The van der Waals surface area contributed by atoms with Crippen molar-refractivity contribution in [3.63, 3.8) is 0 Å². The van der Waals surface area contributed by atoms with Gasteiger partial charge in [-0.3, -0.25) is 9.78 Å². The summed E-state index contributed by atoms with van der Waals surface area (Å²) in [7, 11) is 0. The number of nitrogens with zero attached hydrogens (tertiary/aromatic N) is 3. The summed E-state index contributed by atoms with van der Waals surface area (Å²) in [6.07, 6.45) is -0.0724. The highest BCUT2D eigenvalue weighted by Gasteiger charge is 2.30. The van der Waals surface area contributed by atoms with E-state index in [0.29, 0.717) is 34.9 Å². The Morgan fingerprint density at radius 3 is 2.44 bits per heavy atom. The first-order valence-corrected chi connectivity index (χ1v) is 10.1. The number of halogens is 3. The number of alkyl halides is 3. The quantitative estimate of drug-likeness (QED) is 0.394. The van der Waals surface area contributed by atoms with Gasteiger partial charge in [-0.1, -0.05) is 12.1 Å². The van der Waals surface area contributed by atoms with Crippen molar-refractivity contribution in [3.05, 3.63) is 96.6 Å². The number of carbonyl (C=O) groups excluding carboxylic acids is 1. The molecular weight excluding hydrogens is 447 g/mol. The number of hydrogen-bond donors (Lipinski definition) is 2. The van der Waals surface area contributed by atoms with Gasteiger partial charge in [0.2, 0.25) is 0 Å². The third-order valence-corrected chi connectivity index (χ3v) is 4.65. The predicted molar refractivity (Wildman–Crippen MR) is 119 cm³/mol. The molecule has 0 saturated carbocycles. The number of carbonyl (C=O) groups is 1. The van der Waals surface area contributed by atoms with Gasteiger partial charge in [0.05, 0.1) is 5.69 Å². The molecule has 0 bridgehead atoms. The van der Waals surface area contributed by atoms with Gasteiger partial charge in [0, 0.05) is 41.8 Å². The van der Waals surface area contributed by atoms with E-state index in [1.165, 1.54) is 30.6 Å². The zero-order chi connectivity index (χ0) is 24.0. The number of amides is 1. The van der Waals surface area contributed by atoms with Crippen molar-refractivity contribution in [2.24, 2.45) is 0 Å². The maximum absolute atomic E-state index is 12.6. The van der Waals surface area contributed by atoms with Crippen molar-refractivity contribution in [1.29, 1.82) is 0 Å². The molecule has 10 heteroatoms. The molecule has 0 unspecified atom stereocenters. The summed E-state index contributed by atoms with van der Waals surface area (Å²) in [6.45, 7) is 0.375. The molecule has 2 aromatic heterocycles. The van der Waals surface area contributed by atoms with Gasteiger partial charge in [-0.15, -0.1) is 13.2 Å². The Kier molecular flexibility index (Phi) is 6.67. The SMILES string of the molecule is O=C(NCc1ccncc1)c1cccc(-c2cc(Nc3ccc(OC(F)(F)F)cc3)ncn2)c1. The third kappa shape index (κ3) is 6.28. The van der Waals surface area contributed by atoms with Gasteiger partial charge in [0.25, 0.3) is 5.91 Å². The van der Waals surface area contributed by atoms with E-state index in [4.69, 9.17) is 0 Å². The number of benzene rings is 2. The molecular formula is C24H18F3N5O2. The van der Waals surface area contributed by atoms with Gasteiger partial charge >= 0.3 is 6.36 Å². The van der Waals surface area contributed by atoms with Crippen molar-refractivity contribution in [3.8, 4) is 17.0 Å². The van der Waals surface area contributed by atoms with Gasteiger partial charge in [0.15, 0.2) is 0 Å². The van der Waals surface area contributed by atoms with E-state index in [2.05, 4.69) is 30.3 Å². The second kappa shape index (κ2) is 9.99. The molecule has 7 nitrogen and oxygen atoms in total. The molecule has 0 saturated heterocycles. The summed E-state index contributed by atoms with van der Waals surface area (Å²) in [6, 6.07) is 17.6. The zero-order valence-corrected chi connectivity index (χ0v) is 17.6. The summed E-state index contributed by atoms with van der Waals surface area (Å²) < 4.78 is 40.8. The largest absolute Gasteiger partial charge is 0.573 e. The van der Waals surface area contributed by atoms with Crippen LogP contribution < -0.4 is 15.4 Å². The molecule has 0 fully saturated rings. The van der Waals surface area contributed by atoms with Gasteiger partial charge in [-0.05, 0) is 54.1 Å². The summed E-state index contributed by atoms with van der Waals surface area (Å²) in [5.41, 5.74) is 3.20. The van der Waals surface area contributed by atoms with Crippen LogP contribution in [0.1, 0.15) is 15.9 Å². The van der Waals surface area contributed by atoms with Crippen molar-refractivity contribution in [2.75, 3.05) is 5.32 Å². The number of hydrogen-bond acceptors (Lipinski definition) is 6. The highest BCUT2D eigenvalue weighted by Crippen LogP contribution is 2.26. The maximum atomic E-state index is 12.6. The Morgan fingerprint density at radius 1 is 0.941 bits per heavy atom. The average Bonchev–Trinajstić information content (AvgIpc) is 2.84. The predicted octanol–water partition coefficient (Wildman–Crippen LogP) is 5.11. The first kappa shape index (κ1) is 22.7. The number of ether oxygens (including phenoxy) is 1. The minimum Gasteiger partial charge on any atom is -0.406 e. The molecule has 4 aromatic rings. The topological polar surface area (TPSA) is 89.0 Å². The van der Waals surface area contributed by atoms with Gasteiger partial charge in [-0.2, -0.15) is 0 Å². The number of anilines is 2. The molecule has 2 heterocycles. The van der Waals surface area contributed by atoms with Crippen molar-refractivity contribution in [2.45, 2.75) is 12.9 Å². The summed E-state index contributed by atoms with van der Waals surface area (Å²) in [5, 5.41) is 5.87. The molecule has 0 radical (unpaired) electrons. The Hall–Kier alpha value is -4.47. The van der Waals surface area contributed by atoms with Crippen LogP contribution in [-0.2, 0) is 6.54 Å². The monoisotopic (exact) mass is 465 g/mol. The summed E-state index contributed by atoms with van der Waals surface area (Å²) >= 11 is 0. The molecule has 0 spiro atoms. The Bertz CT molecular complexity index is 1270. The van der Waals surface area contributed by atoms with E-state index in [9.17, 15) is 18.0 Å². The molecule has 0 aliphatic rings. The number of pyridine rings is 1. The number of nitrogens with one attached hydrogen (secondary N) is 2. The fraction of sp³-hybridized carbons (Fsp3) is 0.0833. The minimum absolute atomic E-state index is 0.229. The van der Waals surface area contributed by atoms with E-state index in [1.54, 1.807) is 36.7 Å². The number of aromatic nitrogens is 3. The molecule has 2 aromatic carbocycles. The normalized spacial score (nSPS) is 11.0. The van der Waals surface area contributed by atoms with Gasteiger partial charge < -0.3 is 15.4 Å². The smallest absolute Gasteiger partial charge is 0.406 e. The van der Waals surface area contributed by atoms with Crippen molar-refractivity contribution < 1.29 is 22.7 Å². The van der Waals surface area contributed by atoms with Crippen LogP contribution in [0.5, 0.6) is 5.75 Å². The minimum atomic E-state index is -4.75. The van der Waals surface area contributed by atoms with Crippen LogP contribution >= 0.6 is 0 Å². The molecule has 0 atom stereocenters. The van der Waals surface area contributed by atoms with Gasteiger partial charge in [-0.25, -0.2) is 9.97 Å². The lowest BCUT2D eigenvalue weighted by molar-refractivity contribution is -0.274.